The minimum absolute atomic E-state index is 0. The fourth-order valence-electron chi connectivity index (χ4n) is 0.210. The van der Waals surface area contributed by atoms with Gasteiger partial charge < -0.3 is 16.2 Å². The van der Waals surface area contributed by atoms with Crippen molar-refractivity contribution in [2.75, 3.05) is 13.1 Å². The van der Waals surface area contributed by atoms with Crippen molar-refractivity contribution in [2.45, 2.75) is 0 Å². The molecule has 0 spiro atoms. The molecule has 0 aliphatic heterocycles. The van der Waals surface area contributed by atoms with E-state index in [-0.39, 0.29) is 72.2 Å². The molecule has 56 valence electrons. The normalized spacial score (nSPS) is 7.09. The molecule has 0 amide bonds. The van der Waals surface area contributed by atoms with Crippen LogP contribution in [0.4, 0.5) is 0 Å². The van der Waals surface area contributed by atoms with Gasteiger partial charge in [-0.2, -0.15) is 0 Å². The Labute approximate surface area is 109 Å². The molecule has 0 aromatic rings. The number of ether oxygens (including phenoxy) is 1. The standard InChI is InChI=1S/C4H8N2O3.2Na.2H/c5-1-3(7)9-4(8)2-6;;;;/h1-2,5-6H2;;;;. The Balaban J connectivity index is -0.000000320. The molecule has 7 heteroatoms. The van der Waals surface area contributed by atoms with Crippen LogP contribution >= 0.6 is 0 Å². The molecule has 0 atom stereocenters. The first-order chi connectivity index (χ1) is 4.20. The number of hydrogen-bond donors (Lipinski definition) is 2. The Bertz CT molecular complexity index is 117. The van der Waals surface area contributed by atoms with E-state index in [1.54, 1.807) is 0 Å². The quantitative estimate of drug-likeness (QED) is 0.263. The topological polar surface area (TPSA) is 95.4 Å². The summed E-state index contributed by atoms with van der Waals surface area (Å²) in [6.45, 7) is -0.600. The molecule has 0 aliphatic carbocycles. The zero-order valence-corrected chi connectivity index (χ0v) is 4.79. The van der Waals surface area contributed by atoms with Crippen molar-refractivity contribution in [3.8, 4) is 0 Å². The average Bonchev–Trinajstić information content (AvgIpc) is 1.87. The van der Waals surface area contributed by atoms with Crippen molar-refractivity contribution in [1.29, 1.82) is 0 Å². The van der Waals surface area contributed by atoms with Crippen molar-refractivity contribution < 1.29 is 14.3 Å². The van der Waals surface area contributed by atoms with Gasteiger partial charge in [-0.05, 0) is 0 Å². The molecule has 0 heterocycles. The molecule has 0 bridgehead atoms. The maximum absolute atomic E-state index is 10.2. The summed E-state index contributed by atoms with van der Waals surface area (Å²) in [6, 6.07) is 0. The molecule has 0 rings (SSSR count). The molecule has 0 saturated carbocycles. The molecule has 0 aliphatic rings. The number of esters is 2. The Morgan fingerprint density at radius 1 is 1.00 bits per heavy atom. The second-order valence-electron chi connectivity index (χ2n) is 1.25. The van der Waals surface area contributed by atoms with Gasteiger partial charge in [-0.15, -0.1) is 0 Å². The van der Waals surface area contributed by atoms with E-state index < -0.39 is 11.9 Å². The van der Waals surface area contributed by atoms with E-state index in [2.05, 4.69) is 4.74 Å². The second kappa shape index (κ2) is 11.1. The number of carbonyl (C=O) groups excluding carboxylic acids is 2. The van der Waals surface area contributed by atoms with Crippen molar-refractivity contribution in [3.05, 3.63) is 0 Å². The van der Waals surface area contributed by atoms with Crippen LogP contribution in [0.1, 0.15) is 0 Å². The molecule has 0 saturated heterocycles. The summed E-state index contributed by atoms with van der Waals surface area (Å²) in [5, 5.41) is 0. The molecule has 11 heavy (non-hydrogen) atoms. The number of rotatable bonds is 2. The van der Waals surface area contributed by atoms with Crippen LogP contribution in [0.2, 0.25) is 0 Å². The Kier molecular flexibility index (Phi) is 18.1. The molecule has 5 nitrogen and oxygen atoms in total. The number of hydrogen-bond acceptors (Lipinski definition) is 5. The Morgan fingerprint density at radius 3 is 1.45 bits per heavy atom. The average molecular weight is 180 g/mol. The maximum atomic E-state index is 10.2. The summed E-state index contributed by atoms with van der Waals surface area (Å²) >= 11 is 0. The van der Waals surface area contributed by atoms with Crippen LogP contribution in [0, 0.1) is 0 Å². The van der Waals surface area contributed by atoms with Crippen LogP contribution in [0.5, 0.6) is 0 Å². The third-order valence-corrected chi connectivity index (χ3v) is 0.561. The fraction of sp³-hybridized carbons (Fsp3) is 0.500. The van der Waals surface area contributed by atoms with Crippen LogP contribution in [-0.4, -0.2) is 84.1 Å². The van der Waals surface area contributed by atoms with E-state index in [1.807, 2.05) is 0 Å². The summed E-state index contributed by atoms with van der Waals surface area (Å²) in [5.41, 5.74) is 9.61. The van der Waals surface area contributed by atoms with Crippen LogP contribution in [0.15, 0.2) is 0 Å². The molecular formula is C4H10N2Na2O3. The van der Waals surface area contributed by atoms with Gasteiger partial charge in [0.15, 0.2) is 0 Å². The van der Waals surface area contributed by atoms with Gasteiger partial charge in [0.25, 0.3) is 0 Å². The number of nitrogens with two attached hydrogens (primary N) is 2. The van der Waals surface area contributed by atoms with Gasteiger partial charge in [-0.1, -0.05) is 0 Å². The van der Waals surface area contributed by atoms with Crippen molar-refractivity contribution >= 4 is 71.1 Å². The van der Waals surface area contributed by atoms with Crippen molar-refractivity contribution in [3.63, 3.8) is 0 Å². The van der Waals surface area contributed by atoms with Gasteiger partial charge in [-0.3, -0.25) is 9.59 Å². The third kappa shape index (κ3) is 11.1. The van der Waals surface area contributed by atoms with Gasteiger partial charge >= 0.3 is 71.1 Å². The van der Waals surface area contributed by atoms with E-state index in [4.69, 9.17) is 11.5 Å². The van der Waals surface area contributed by atoms with E-state index in [0.29, 0.717) is 0 Å². The first kappa shape index (κ1) is 18.0. The molecule has 4 N–H and O–H groups in total. The molecule has 0 fully saturated rings. The summed E-state index contributed by atoms with van der Waals surface area (Å²) in [6.07, 6.45) is 0. The molecule has 0 aromatic carbocycles. The predicted octanol–water partition coefficient (Wildman–Crippen LogP) is -3.32. The van der Waals surface area contributed by atoms with Crippen LogP contribution in [0.25, 0.3) is 0 Å². The van der Waals surface area contributed by atoms with E-state index in [1.165, 1.54) is 0 Å². The van der Waals surface area contributed by atoms with E-state index in [9.17, 15) is 9.59 Å². The second-order valence-corrected chi connectivity index (χ2v) is 1.25. The summed E-state index contributed by atoms with van der Waals surface area (Å²) in [4.78, 5) is 20.3. The molecular weight excluding hydrogens is 170 g/mol. The third-order valence-electron chi connectivity index (χ3n) is 0.561. The van der Waals surface area contributed by atoms with Crippen LogP contribution in [0.3, 0.4) is 0 Å². The predicted molar refractivity (Wildman–Crippen MR) is 43.5 cm³/mol. The molecule has 0 unspecified atom stereocenters. The first-order valence-electron chi connectivity index (χ1n) is 2.34. The van der Waals surface area contributed by atoms with Gasteiger partial charge in [0.1, 0.15) is 0 Å². The van der Waals surface area contributed by atoms with Crippen LogP contribution < -0.4 is 11.5 Å². The summed E-state index contributed by atoms with van der Waals surface area (Å²) < 4.78 is 4.02. The summed E-state index contributed by atoms with van der Waals surface area (Å²) in [5.74, 6) is -1.52. The SMILES string of the molecule is NCC(=O)OC(=O)CN.[NaH].[NaH]. The van der Waals surface area contributed by atoms with Crippen molar-refractivity contribution in [1.82, 2.24) is 0 Å². The van der Waals surface area contributed by atoms with E-state index >= 15 is 0 Å². The zero-order chi connectivity index (χ0) is 7.28. The van der Waals surface area contributed by atoms with Gasteiger partial charge in [0, 0.05) is 0 Å². The Morgan fingerprint density at radius 2 is 1.27 bits per heavy atom. The fourth-order valence-corrected chi connectivity index (χ4v) is 0.210. The monoisotopic (exact) mass is 180 g/mol. The zero-order valence-electron chi connectivity index (χ0n) is 4.79. The van der Waals surface area contributed by atoms with Crippen LogP contribution in [-0.2, 0) is 14.3 Å². The number of carbonyl (C=O) groups is 2. The van der Waals surface area contributed by atoms with Crippen molar-refractivity contribution in [2.24, 2.45) is 11.5 Å². The van der Waals surface area contributed by atoms with Gasteiger partial charge in [-0.25, -0.2) is 0 Å². The molecule has 0 aromatic heterocycles. The van der Waals surface area contributed by atoms with Gasteiger partial charge in [0.05, 0.1) is 13.1 Å². The van der Waals surface area contributed by atoms with E-state index in [0.717, 1.165) is 0 Å². The van der Waals surface area contributed by atoms with Gasteiger partial charge in [0.2, 0.25) is 0 Å². The minimum atomic E-state index is -0.759. The Hall–Kier alpha value is 1.06. The first-order valence-corrected chi connectivity index (χ1v) is 2.34. The summed E-state index contributed by atoms with van der Waals surface area (Å²) in [7, 11) is 0. The molecule has 0 radical (unpaired) electrons.